The number of fused-ring (bicyclic) bond motifs is 2. The quantitative estimate of drug-likeness (QED) is 0.0215. The van der Waals surface area contributed by atoms with Gasteiger partial charge in [0.2, 0.25) is 0 Å². The van der Waals surface area contributed by atoms with Gasteiger partial charge in [0.1, 0.15) is 60.2 Å². The number of unbranched alkanes of at least 4 members (excludes halogenated alkanes) is 6. The lowest BCUT2D eigenvalue weighted by molar-refractivity contribution is -0.0430. The summed E-state index contributed by atoms with van der Waals surface area (Å²) in [5.74, 6) is 0.871. The molecule has 430 valence electrons. The summed E-state index contributed by atoms with van der Waals surface area (Å²) in [5.41, 5.74) is 14.9. The van der Waals surface area contributed by atoms with Gasteiger partial charge < -0.3 is 85.4 Å². The van der Waals surface area contributed by atoms with Crippen molar-refractivity contribution >= 4 is 74.6 Å². The molecule has 2 aliphatic rings. The van der Waals surface area contributed by atoms with Gasteiger partial charge in [0.15, 0.2) is 0 Å². The number of amides is 3. The van der Waals surface area contributed by atoms with E-state index in [1.165, 1.54) is 12.7 Å². The number of benzene rings is 1. The van der Waals surface area contributed by atoms with Crippen molar-refractivity contribution in [2.24, 2.45) is 0 Å². The van der Waals surface area contributed by atoms with Crippen molar-refractivity contribution in [2.45, 2.75) is 108 Å². The van der Waals surface area contributed by atoms with Crippen LogP contribution in [0.1, 0.15) is 113 Å². The summed E-state index contributed by atoms with van der Waals surface area (Å²) in [6.07, 6.45) is 10.9. The zero-order valence-corrected chi connectivity index (χ0v) is 45.3. The van der Waals surface area contributed by atoms with Crippen molar-refractivity contribution in [1.82, 2.24) is 45.0 Å². The summed E-state index contributed by atoms with van der Waals surface area (Å²) in [5, 5.41) is 48.5. The molecular weight excluding hydrogens is 1060 g/mol. The predicted molar refractivity (Wildman–Crippen MR) is 291 cm³/mol. The Kier molecular flexibility index (Phi) is 26.4. The first kappa shape index (κ1) is 61.9. The number of aliphatic hydroxyl groups excluding tert-OH is 4. The Labute approximate surface area is 462 Å². The van der Waals surface area contributed by atoms with Gasteiger partial charge in [-0.3, -0.25) is 14.4 Å². The second-order valence-corrected chi connectivity index (χ2v) is 19.3. The highest BCUT2D eigenvalue weighted by atomic mass is 35.5. The lowest BCUT2D eigenvalue weighted by Crippen LogP contribution is -2.28. The van der Waals surface area contributed by atoms with E-state index >= 15 is 0 Å². The number of alkyl halides is 2. The number of aliphatic hydroxyl groups is 4. The predicted octanol–water partition coefficient (Wildman–Crippen LogP) is 3.36. The average Bonchev–Trinajstić information content (AvgIpc) is 4.30. The molecule has 2 unspecified atom stereocenters. The molecule has 26 heteroatoms. The largest absolute Gasteiger partial charge is 0.394 e. The Morgan fingerprint density at radius 3 is 1.50 bits per heavy atom. The summed E-state index contributed by atoms with van der Waals surface area (Å²) < 4.78 is 37.0. The second-order valence-electron chi connectivity index (χ2n) is 18.6. The van der Waals surface area contributed by atoms with E-state index in [-0.39, 0.29) is 62.0 Å². The number of anilines is 2. The standard InChI is InChI=1S/C30H41ClN6O7.C22H34ClN5O6/c31-9-3-1-2-4-11-42-13-14-43-12-10-33-29(40)20-5-7-21(8-6-20)30(41)34-16-22-17-37(25-15-23(39)24(18-38)44-25)28-26(22)27(32)35-19-36-28;23-5-3-1-2-4-7-32-9-10-33-8-6-25-22(31)15-12-28(18-11-16(30)17(13-29)34-18)21-19(15)20(24)26-14-27-21/h5-8,17,19,23-25,38-39H,1-4,9-16,18H2,(H,33,40)(H,34,41)(H2,32,35,36);12,14,16-18,29-30H,1-11,13H2,(H,25,31)(H2,24,26,27)/t23?,24-,25-;16?,17-,18-/m11/s1. The molecule has 5 aromatic rings. The van der Waals surface area contributed by atoms with Gasteiger partial charge >= 0.3 is 0 Å². The topological polar surface area (TPSA) is 337 Å². The zero-order chi connectivity index (χ0) is 55.7. The minimum absolute atomic E-state index is 0.125. The van der Waals surface area contributed by atoms with Crippen LogP contribution in [0.15, 0.2) is 49.3 Å². The Bertz CT molecular complexity index is 2610. The van der Waals surface area contributed by atoms with Gasteiger partial charge in [-0.1, -0.05) is 25.7 Å². The molecule has 78 heavy (non-hydrogen) atoms. The number of nitrogens with one attached hydrogen (secondary N) is 3. The van der Waals surface area contributed by atoms with E-state index in [1.807, 2.05) is 0 Å². The number of nitrogen functional groups attached to an aromatic ring is 2. The van der Waals surface area contributed by atoms with Gasteiger partial charge in [-0.15, -0.1) is 23.2 Å². The highest BCUT2D eigenvalue weighted by Gasteiger charge is 2.37. The molecule has 1 aromatic carbocycles. The third-order valence-corrected chi connectivity index (χ3v) is 13.5. The van der Waals surface area contributed by atoms with Crippen LogP contribution in [0.5, 0.6) is 0 Å². The van der Waals surface area contributed by atoms with Gasteiger partial charge in [-0.2, -0.15) is 0 Å². The van der Waals surface area contributed by atoms with Gasteiger partial charge in [0.05, 0.1) is 81.4 Å². The fourth-order valence-electron chi connectivity index (χ4n) is 8.81. The Balaban J connectivity index is 0.000000261. The third-order valence-electron chi connectivity index (χ3n) is 13.0. The minimum atomic E-state index is -0.820. The molecule has 0 spiro atoms. The number of ether oxygens (including phenoxy) is 6. The van der Waals surface area contributed by atoms with Crippen LogP contribution in [0.3, 0.4) is 0 Å². The van der Waals surface area contributed by atoms with Gasteiger partial charge in [0, 0.05) is 86.5 Å². The first-order chi connectivity index (χ1) is 38.0. The van der Waals surface area contributed by atoms with Crippen LogP contribution in [0.2, 0.25) is 0 Å². The number of hydrogen-bond acceptors (Lipinski definition) is 19. The van der Waals surface area contributed by atoms with E-state index in [2.05, 4.69) is 35.9 Å². The molecular formula is C52H75Cl2N11O13. The molecule has 11 N–H and O–H groups in total. The molecule has 0 radical (unpaired) electrons. The number of halogens is 2. The number of aromatic nitrogens is 6. The van der Waals surface area contributed by atoms with Crippen LogP contribution in [-0.2, 0) is 35.0 Å². The molecule has 2 fully saturated rings. The van der Waals surface area contributed by atoms with Crippen LogP contribution in [-0.4, -0.2) is 183 Å². The van der Waals surface area contributed by atoms with E-state index in [9.17, 15) is 34.8 Å². The lowest BCUT2D eigenvalue weighted by Gasteiger charge is -2.14. The van der Waals surface area contributed by atoms with Crippen molar-refractivity contribution < 1.29 is 63.2 Å². The number of hydrogen-bond donors (Lipinski definition) is 9. The van der Waals surface area contributed by atoms with E-state index < -0.39 is 36.9 Å². The minimum Gasteiger partial charge on any atom is -0.394 e. The van der Waals surface area contributed by atoms with Crippen LogP contribution < -0.4 is 27.4 Å². The third kappa shape index (κ3) is 18.1. The number of carbonyl (C=O) groups excluding carboxylic acids is 3. The summed E-state index contributed by atoms with van der Waals surface area (Å²) in [4.78, 5) is 54.9. The van der Waals surface area contributed by atoms with E-state index in [4.69, 9.17) is 63.1 Å². The van der Waals surface area contributed by atoms with Crippen molar-refractivity contribution in [2.75, 3.05) is 102 Å². The van der Waals surface area contributed by atoms with Crippen LogP contribution in [0, 0.1) is 0 Å². The molecule has 3 amide bonds. The van der Waals surface area contributed by atoms with E-state index in [0.717, 1.165) is 51.4 Å². The van der Waals surface area contributed by atoms with Gasteiger partial charge in [-0.25, -0.2) is 19.9 Å². The van der Waals surface area contributed by atoms with E-state index in [0.29, 0.717) is 122 Å². The average molecular weight is 1130 g/mol. The number of rotatable bonds is 33. The molecule has 2 saturated heterocycles. The van der Waals surface area contributed by atoms with Crippen molar-refractivity contribution in [3.05, 3.63) is 71.6 Å². The Hall–Kier alpha value is -5.35. The number of nitrogens with zero attached hydrogens (tertiary/aromatic N) is 6. The normalized spacial score (nSPS) is 19.1. The summed E-state index contributed by atoms with van der Waals surface area (Å²) in [6, 6.07) is 6.34. The Morgan fingerprint density at radius 1 is 0.577 bits per heavy atom. The molecule has 24 nitrogen and oxygen atoms in total. The van der Waals surface area contributed by atoms with Gasteiger partial charge in [-0.05, 0) is 49.9 Å². The van der Waals surface area contributed by atoms with Crippen molar-refractivity contribution in [3.8, 4) is 0 Å². The first-order valence-corrected chi connectivity index (χ1v) is 27.5. The maximum absolute atomic E-state index is 12.9. The zero-order valence-electron chi connectivity index (χ0n) is 43.8. The molecule has 0 saturated carbocycles. The highest BCUT2D eigenvalue weighted by Crippen LogP contribution is 2.36. The van der Waals surface area contributed by atoms with E-state index in [1.54, 1.807) is 45.8 Å². The summed E-state index contributed by atoms with van der Waals surface area (Å²) in [6.45, 7) is 4.23. The SMILES string of the molecule is Nc1ncnc2c1c(C(=O)NCCOCCOCCCCCCCl)cn2[C@H]1CC(O)[C@@H](CO)O1.Nc1ncnc2c1c(CNC(=O)c1ccc(C(=O)NCCOCCOCCCCCCCl)cc1)cn2[C@H]1CC(O)[C@@H](CO)O1. The maximum Gasteiger partial charge on any atom is 0.253 e. The van der Waals surface area contributed by atoms with Crippen LogP contribution in [0.4, 0.5) is 11.6 Å². The van der Waals surface area contributed by atoms with Crippen LogP contribution >= 0.6 is 23.2 Å². The highest BCUT2D eigenvalue weighted by molar-refractivity contribution is 6.18. The molecule has 6 atom stereocenters. The van der Waals surface area contributed by atoms with Crippen LogP contribution in [0.25, 0.3) is 22.1 Å². The Morgan fingerprint density at radius 2 is 1.01 bits per heavy atom. The first-order valence-electron chi connectivity index (χ1n) is 26.5. The molecule has 6 heterocycles. The van der Waals surface area contributed by atoms with Crippen molar-refractivity contribution in [3.63, 3.8) is 0 Å². The van der Waals surface area contributed by atoms with Crippen molar-refractivity contribution in [1.29, 1.82) is 0 Å². The number of carbonyl (C=O) groups is 3. The monoisotopic (exact) mass is 1130 g/mol. The fraction of sp³-hybridized carbons (Fsp3) is 0.596. The summed E-state index contributed by atoms with van der Waals surface area (Å²) >= 11 is 11.3. The number of nitrogens with two attached hydrogens (primary N) is 2. The smallest absolute Gasteiger partial charge is 0.253 e. The lowest BCUT2D eigenvalue weighted by atomic mass is 10.1. The second kappa shape index (κ2) is 33.3. The summed E-state index contributed by atoms with van der Waals surface area (Å²) in [7, 11) is 0. The molecule has 7 rings (SSSR count). The van der Waals surface area contributed by atoms with Gasteiger partial charge in [0.25, 0.3) is 17.7 Å². The maximum atomic E-state index is 12.9. The molecule has 2 aliphatic heterocycles. The molecule has 0 bridgehead atoms. The fourth-order valence-corrected chi connectivity index (χ4v) is 9.19. The molecule has 0 aliphatic carbocycles. The molecule has 4 aromatic heterocycles.